The van der Waals surface area contributed by atoms with Gasteiger partial charge >= 0.3 is 0 Å². The molecule has 2 aromatic rings. The molecule has 0 radical (unpaired) electrons. The van der Waals surface area contributed by atoms with E-state index in [0.29, 0.717) is 17.7 Å². The zero-order valence-electron chi connectivity index (χ0n) is 11.1. The fourth-order valence-electron chi connectivity index (χ4n) is 2.14. The maximum Gasteiger partial charge on any atom is 0.250 e. The van der Waals surface area contributed by atoms with Crippen LogP contribution >= 0.6 is 0 Å². The number of terminal acetylenes is 1. The molecule has 0 aliphatic rings. The molecule has 0 spiro atoms. The first-order chi connectivity index (χ1) is 9.58. The van der Waals surface area contributed by atoms with E-state index in [2.05, 4.69) is 12.0 Å². The Bertz CT molecular complexity index is 740. The normalized spacial score (nSPS) is 9.75. The lowest BCUT2D eigenvalue weighted by Crippen LogP contribution is -2.12. The Labute approximate surface area is 117 Å². The van der Waals surface area contributed by atoms with Gasteiger partial charge in [0.1, 0.15) is 0 Å². The van der Waals surface area contributed by atoms with Crippen LogP contribution in [0.1, 0.15) is 21.6 Å². The summed E-state index contributed by atoms with van der Waals surface area (Å²) in [5.74, 6) is 2.09. The number of nitriles is 1. The van der Waals surface area contributed by atoms with Crippen molar-refractivity contribution in [2.45, 2.75) is 13.5 Å². The molecule has 0 saturated heterocycles. The van der Waals surface area contributed by atoms with Gasteiger partial charge in [-0.25, -0.2) is 0 Å². The van der Waals surface area contributed by atoms with Crippen LogP contribution in [-0.2, 0) is 6.54 Å². The number of carbonyl (C=O) groups is 1. The van der Waals surface area contributed by atoms with Crippen LogP contribution in [0, 0.1) is 30.6 Å². The van der Waals surface area contributed by atoms with Crippen molar-refractivity contribution in [2.75, 3.05) is 0 Å². The molecule has 20 heavy (non-hydrogen) atoms. The lowest BCUT2D eigenvalue weighted by Gasteiger charge is -2.08. The molecule has 4 heteroatoms. The van der Waals surface area contributed by atoms with Crippen LogP contribution in [0.3, 0.4) is 0 Å². The Morgan fingerprint density at radius 3 is 2.55 bits per heavy atom. The highest BCUT2D eigenvalue weighted by Gasteiger charge is 2.16. The lowest BCUT2D eigenvalue weighted by atomic mass is 10.1. The fourth-order valence-corrected chi connectivity index (χ4v) is 2.14. The zero-order chi connectivity index (χ0) is 14.7. The zero-order valence-corrected chi connectivity index (χ0v) is 11.1. The highest BCUT2D eigenvalue weighted by molar-refractivity contribution is 5.95. The van der Waals surface area contributed by atoms with Crippen molar-refractivity contribution < 1.29 is 4.79 Å². The van der Waals surface area contributed by atoms with Gasteiger partial charge in [0.25, 0.3) is 5.91 Å². The van der Waals surface area contributed by atoms with E-state index in [1.165, 1.54) is 0 Å². The Kier molecular flexibility index (Phi) is 3.59. The van der Waals surface area contributed by atoms with Crippen LogP contribution in [0.5, 0.6) is 0 Å². The molecule has 98 valence electrons. The summed E-state index contributed by atoms with van der Waals surface area (Å²) in [4.78, 5) is 11.4. The van der Waals surface area contributed by atoms with Gasteiger partial charge < -0.3 is 10.3 Å². The first kappa shape index (κ1) is 13.5. The molecule has 1 aromatic carbocycles. The highest BCUT2D eigenvalue weighted by atomic mass is 16.1. The van der Waals surface area contributed by atoms with Crippen molar-refractivity contribution in [1.29, 1.82) is 5.26 Å². The predicted octanol–water partition coefficient (Wildman–Crippen LogP) is 2.07. The minimum absolute atomic E-state index is 0.356. The number of amides is 1. The molecule has 2 rings (SSSR count). The van der Waals surface area contributed by atoms with E-state index in [-0.39, 0.29) is 0 Å². The number of carbonyl (C=O) groups excluding carboxylic acids is 1. The van der Waals surface area contributed by atoms with E-state index in [1.807, 2.05) is 23.6 Å². The maximum atomic E-state index is 11.4. The average molecular weight is 263 g/mol. The molecular formula is C16H13N3O. The number of primary amides is 1. The topological polar surface area (TPSA) is 71.8 Å². The summed E-state index contributed by atoms with van der Waals surface area (Å²) in [5.41, 5.74) is 8.85. The predicted molar refractivity (Wildman–Crippen MR) is 76.7 cm³/mol. The van der Waals surface area contributed by atoms with Gasteiger partial charge in [0.15, 0.2) is 0 Å². The van der Waals surface area contributed by atoms with Crippen LogP contribution < -0.4 is 5.73 Å². The molecule has 0 bridgehead atoms. The fraction of sp³-hybridized carbons (Fsp3) is 0.125. The second-order valence-electron chi connectivity index (χ2n) is 4.37. The summed E-state index contributed by atoms with van der Waals surface area (Å²) in [6, 6.07) is 10.9. The number of hydrogen-bond acceptors (Lipinski definition) is 2. The summed E-state index contributed by atoms with van der Waals surface area (Å²) in [6.45, 7) is 2.17. The van der Waals surface area contributed by atoms with E-state index in [4.69, 9.17) is 17.4 Å². The van der Waals surface area contributed by atoms with Gasteiger partial charge in [-0.05, 0) is 30.7 Å². The van der Waals surface area contributed by atoms with Crippen molar-refractivity contribution in [3.05, 3.63) is 47.2 Å². The van der Waals surface area contributed by atoms with Crippen molar-refractivity contribution in [3.63, 3.8) is 0 Å². The van der Waals surface area contributed by atoms with Crippen molar-refractivity contribution in [2.24, 2.45) is 5.73 Å². The molecule has 1 heterocycles. The maximum absolute atomic E-state index is 11.4. The monoisotopic (exact) mass is 263 g/mol. The molecule has 0 saturated carbocycles. The third-order valence-corrected chi connectivity index (χ3v) is 3.19. The Morgan fingerprint density at radius 1 is 1.40 bits per heavy atom. The van der Waals surface area contributed by atoms with E-state index < -0.39 is 5.91 Å². The van der Waals surface area contributed by atoms with Crippen LogP contribution in [-0.4, -0.2) is 10.5 Å². The van der Waals surface area contributed by atoms with Gasteiger partial charge in [-0.3, -0.25) is 4.79 Å². The van der Waals surface area contributed by atoms with Crippen molar-refractivity contribution >= 4 is 5.91 Å². The molecule has 1 amide bonds. The van der Waals surface area contributed by atoms with Gasteiger partial charge in [0.2, 0.25) is 0 Å². The summed E-state index contributed by atoms with van der Waals surface area (Å²) in [7, 11) is 0. The number of benzene rings is 1. The molecule has 0 fully saturated rings. The Balaban J connectivity index is 2.60. The van der Waals surface area contributed by atoms with E-state index in [9.17, 15) is 4.79 Å². The third-order valence-electron chi connectivity index (χ3n) is 3.19. The quantitative estimate of drug-likeness (QED) is 0.861. The summed E-state index contributed by atoms with van der Waals surface area (Å²) in [5, 5.41) is 8.82. The first-order valence-corrected chi connectivity index (χ1v) is 6.02. The van der Waals surface area contributed by atoms with E-state index in [1.54, 1.807) is 18.2 Å². The SMILES string of the molecule is C#CCn1c(-c2ccc(C#N)cc2)cc(C(N)=O)c1C. The van der Waals surface area contributed by atoms with Crippen molar-refractivity contribution in [1.82, 2.24) is 4.57 Å². The van der Waals surface area contributed by atoms with Gasteiger partial charge in [-0.2, -0.15) is 5.26 Å². The smallest absolute Gasteiger partial charge is 0.250 e. The van der Waals surface area contributed by atoms with Gasteiger partial charge in [0, 0.05) is 11.4 Å². The largest absolute Gasteiger partial charge is 0.366 e. The highest BCUT2D eigenvalue weighted by Crippen LogP contribution is 2.26. The summed E-state index contributed by atoms with van der Waals surface area (Å²) >= 11 is 0. The van der Waals surface area contributed by atoms with Crippen LogP contribution in [0.4, 0.5) is 0 Å². The molecular weight excluding hydrogens is 250 g/mol. The summed E-state index contributed by atoms with van der Waals surface area (Å²) in [6.07, 6.45) is 5.38. The standard InChI is InChI=1S/C16H13N3O/c1-3-8-19-11(2)14(16(18)20)9-15(19)13-6-4-12(10-17)5-7-13/h1,4-7,9H,8H2,2H3,(H2,18,20). The van der Waals surface area contributed by atoms with Gasteiger partial charge in [-0.15, -0.1) is 6.42 Å². The third kappa shape index (κ3) is 2.28. The van der Waals surface area contributed by atoms with Crippen LogP contribution in [0.15, 0.2) is 30.3 Å². The minimum atomic E-state index is -0.479. The van der Waals surface area contributed by atoms with Crippen molar-refractivity contribution in [3.8, 4) is 29.7 Å². The first-order valence-electron chi connectivity index (χ1n) is 6.02. The minimum Gasteiger partial charge on any atom is -0.366 e. The number of nitrogens with two attached hydrogens (primary N) is 1. The number of aromatic nitrogens is 1. The Morgan fingerprint density at radius 2 is 2.05 bits per heavy atom. The molecule has 0 atom stereocenters. The van der Waals surface area contributed by atoms with Crippen LogP contribution in [0.2, 0.25) is 0 Å². The Hall–Kier alpha value is -2.98. The van der Waals surface area contributed by atoms with Gasteiger partial charge in [0.05, 0.1) is 23.7 Å². The molecule has 4 nitrogen and oxygen atoms in total. The second kappa shape index (κ2) is 5.34. The molecule has 1 aromatic heterocycles. The number of nitrogens with zero attached hydrogens (tertiary/aromatic N) is 2. The lowest BCUT2D eigenvalue weighted by molar-refractivity contribution is 0.0999. The summed E-state index contributed by atoms with van der Waals surface area (Å²) < 4.78 is 1.86. The molecule has 0 aliphatic carbocycles. The van der Waals surface area contributed by atoms with E-state index >= 15 is 0 Å². The van der Waals surface area contributed by atoms with E-state index in [0.717, 1.165) is 17.0 Å². The average Bonchev–Trinajstić information content (AvgIpc) is 2.77. The molecule has 0 unspecified atom stereocenters. The van der Waals surface area contributed by atoms with Crippen LogP contribution in [0.25, 0.3) is 11.3 Å². The second-order valence-corrected chi connectivity index (χ2v) is 4.37. The molecule has 0 aliphatic heterocycles. The molecule has 2 N–H and O–H groups in total. The number of hydrogen-bond donors (Lipinski definition) is 1. The van der Waals surface area contributed by atoms with Gasteiger partial charge in [-0.1, -0.05) is 18.1 Å². The number of rotatable bonds is 3.